The van der Waals surface area contributed by atoms with Crippen LogP contribution in [0.5, 0.6) is 0 Å². The highest BCUT2D eigenvalue weighted by Crippen LogP contribution is 2.29. The largest absolute Gasteiger partial charge is 0.396 e. The Morgan fingerprint density at radius 1 is 1.19 bits per heavy atom. The van der Waals surface area contributed by atoms with Crippen LogP contribution in [0.2, 0.25) is 10.0 Å². The first-order valence-corrected chi connectivity index (χ1v) is 6.11. The molecule has 0 saturated carbocycles. The second-order valence-electron chi connectivity index (χ2n) is 3.19. The molecule has 1 aromatic heterocycles. The van der Waals surface area contributed by atoms with Crippen molar-refractivity contribution >= 4 is 46.0 Å². The third-order valence-corrected chi connectivity index (χ3v) is 3.43. The standard InChI is InChI=1S/C11H7Cl2NOS/c12-8-3-7(4-9(13)10(8)14)11(15)6-1-2-16-5-6/h1-5H,14H2. The van der Waals surface area contributed by atoms with Crippen molar-refractivity contribution in [2.24, 2.45) is 0 Å². The number of hydrogen-bond donors (Lipinski definition) is 1. The molecule has 2 rings (SSSR count). The maximum absolute atomic E-state index is 12.0. The molecule has 5 heteroatoms. The molecule has 0 aliphatic carbocycles. The van der Waals surface area contributed by atoms with Gasteiger partial charge in [0.15, 0.2) is 5.78 Å². The first-order valence-electron chi connectivity index (χ1n) is 4.41. The molecular formula is C11H7Cl2NOS. The van der Waals surface area contributed by atoms with E-state index in [2.05, 4.69) is 0 Å². The summed E-state index contributed by atoms with van der Waals surface area (Å²) in [5.41, 5.74) is 6.97. The van der Waals surface area contributed by atoms with E-state index in [4.69, 9.17) is 28.9 Å². The van der Waals surface area contributed by atoms with E-state index in [1.54, 1.807) is 11.4 Å². The van der Waals surface area contributed by atoms with E-state index in [0.29, 0.717) is 26.9 Å². The second-order valence-corrected chi connectivity index (χ2v) is 4.79. The van der Waals surface area contributed by atoms with E-state index >= 15 is 0 Å². The number of benzene rings is 1. The summed E-state index contributed by atoms with van der Waals surface area (Å²) in [4.78, 5) is 12.0. The second kappa shape index (κ2) is 4.45. The Labute approximate surface area is 107 Å². The normalized spacial score (nSPS) is 10.4. The predicted molar refractivity (Wildman–Crippen MR) is 68.6 cm³/mol. The van der Waals surface area contributed by atoms with Crippen LogP contribution in [0.15, 0.2) is 29.0 Å². The number of carbonyl (C=O) groups excluding carboxylic acids is 1. The average Bonchev–Trinajstić information content (AvgIpc) is 2.77. The van der Waals surface area contributed by atoms with Crippen LogP contribution in [0.1, 0.15) is 15.9 Å². The third-order valence-electron chi connectivity index (χ3n) is 2.12. The lowest BCUT2D eigenvalue weighted by Gasteiger charge is -2.04. The van der Waals surface area contributed by atoms with E-state index in [0.717, 1.165) is 0 Å². The summed E-state index contributed by atoms with van der Waals surface area (Å²) in [5, 5.41) is 4.21. The van der Waals surface area contributed by atoms with Gasteiger partial charge in [0.05, 0.1) is 15.7 Å². The summed E-state index contributed by atoms with van der Waals surface area (Å²) in [6.45, 7) is 0. The van der Waals surface area contributed by atoms with Crippen LogP contribution in [-0.4, -0.2) is 5.78 Å². The molecule has 2 nitrogen and oxygen atoms in total. The van der Waals surface area contributed by atoms with Crippen molar-refractivity contribution in [3.8, 4) is 0 Å². The van der Waals surface area contributed by atoms with Crippen LogP contribution in [0, 0.1) is 0 Å². The maximum Gasteiger partial charge on any atom is 0.193 e. The number of rotatable bonds is 2. The molecule has 0 spiro atoms. The van der Waals surface area contributed by atoms with Gasteiger partial charge in [-0.15, -0.1) is 0 Å². The number of hydrogen-bond acceptors (Lipinski definition) is 3. The van der Waals surface area contributed by atoms with Gasteiger partial charge in [-0.1, -0.05) is 23.2 Å². The predicted octanol–water partition coefficient (Wildman–Crippen LogP) is 3.87. The summed E-state index contributed by atoms with van der Waals surface area (Å²) in [6.07, 6.45) is 0. The Kier molecular flexibility index (Phi) is 3.19. The van der Waals surface area contributed by atoms with Crippen LogP contribution in [-0.2, 0) is 0 Å². The van der Waals surface area contributed by atoms with Gasteiger partial charge in [0.1, 0.15) is 0 Å². The van der Waals surface area contributed by atoms with Gasteiger partial charge in [0.25, 0.3) is 0 Å². The minimum absolute atomic E-state index is 0.106. The summed E-state index contributed by atoms with van der Waals surface area (Å²) in [7, 11) is 0. The number of nitrogens with two attached hydrogens (primary N) is 1. The Morgan fingerprint density at radius 2 is 1.81 bits per heavy atom. The van der Waals surface area contributed by atoms with Crippen LogP contribution in [0.25, 0.3) is 0 Å². The molecular weight excluding hydrogens is 265 g/mol. The zero-order chi connectivity index (χ0) is 11.7. The minimum Gasteiger partial charge on any atom is -0.396 e. The molecule has 0 aliphatic rings. The van der Waals surface area contributed by atoms with Crippen LogP contribution in [0.4, 0.5) is 5.69 Å². The number of ketones is 1. The Balaban J connectivity index is 2.46. The number of thiophene rings is 1. The van der Waals surface area contributed by atoms with Crippen LogP contribution >= 0.6 is 34.5 Å². The summed E-state index contributed by atoms with van der Waals surface area (Å²) < 4.78 is 0. The van der Waals surface area contributed by atoms with Gasteiger partial charge < -0.3 is 5.73 Å². The van der Waals surface area contributed by atoms with Crippen LogP contribution in [0.3, 0.4) is 0 Å². The summed E-state index contributed by atoms with van der Waals surface area (Å²) in [6, 6.07) is 4.82. The molecule has 0 fully saturated rings. The number of nitrogen functional groups attached to an aromatic ring is 1. The molecule has 0 unspecified atom stereocenters. The zero-order valence-corrected chi connectivity index (χ0v) is 10.4. The minimum atomic E-state index is -0.106. The van der Waals surface area contributed by atoms with E-state index < -0.39 is 0 Å². The zero-order valence-electron chi connectivity index (χ0n) is 8.04. The molecule has 0 saturated heterocycles. The summed E-state index contributed by atoms with van der Waals surface area (Å²) >= 11 is 13.2. The molecule has 16 heavy (non-hydrogen) atoms. The van der Waals surface area contributed by atoms with Crippen molar-refractivity contribution in [3.63, 3.8) is 0 Å². The van der Waals surface area contributed by atoms with E-state index in [1.807, 2.05) is 5.38 Å². The van der Waals surface area contributed by atoms with Crippen molar-refractivity contribution in [2.45, 2.75) is 0 Å². The fraction of sp³-hybridized carbons (Fsp3) is 0. The molecule has 82 valence electrons. The molecule has 1 aromatic carbocycles. The lowest BCUT2D eigenvalue weighted by Crippen LogP contribution is -2.01. The molecule has 0 aliphatic heterocycles. The van der Waals surface area contributed by atoms with Gasteiger partial charge in [-0.2, -0.15) is 11.3 Å². The Bertz CT molecular complexity index is 514. The molecule has 0 radical (unpaired) electrons. The van der Waals surface area contributed by atoms with E-state index in [1.165, 1.54) is 23.5 Å². The SMILES string of the molecule is Nc1c(Cl)cc(C(=O)c2ccsc2)cc1Cl. The molecule has 2 aromatic rings. The smallest absolute Gasteiger partial charge is 0.193 e. The number of anilines is 1. The van der Waals surface area contributed by atoms with Gasteiger partial charge >= 0.3 is 0 Å². The van der Waals surface area contributed by atoms with Gasteiger partial charge in [0.2, 0.25) is 0 Å². The lowest BCUT2D eigenvalue weighted by atomic mass is 10.1. The highest BCUT2D eigenvalue weighted by Gasteiger charge is 2.13. The van der Waals surface area contributed by atoms with Crippen LogP contribution < -0.4 is 5.73 Å². The van der Waals surface area contributed by atoms with E-state index in [9.17, 15) is 4.79 Å². The topological polar surface area (TPSA) is 43.1 Å². The quantitative estimate of drug-likeness (QED) is 0.666. The summed E-state index contributed by atoms with van der Waals surface area (Å²) in [5.74, 6) is -0.106. The average molecular weight is 272 g/mol. The monoisotopic (exact) mass is 271 g/mol. The van der Waals surface area contributed by atoms with Gasteiger partial charge in [-0.25, -0.2) is 0 Å². The van der Waals surface area contributed by atoms with E-state index in [-0.39, 0.29) is 5.78 Å². The fourth-order valence-electron chi connectivity index (χ4n) is 1.28. The Morgan fingerprint density at radius 3 is 2.31 bits per heavy atom. The van der Waals surface area contributed by atoms with Gasteiger partial charge in [0, 0.05) is 16.5 Å². The van der Waals surface area contributed by atoms with Crippen molar-refractivity contribution in [1.82, 2.24) is 0 Å². The maximum atomic E-state index is 12.0. The molecule has 0 bridgehead atoms. The number of carbonyl (C=O) groups is 1. The molecule has 0 atom stereocenters. The lowest BCUT2D eigenvalue weighted by molar-refractivity contribution is 0.103. The number of halogens is 2. The Hall–Kier alpha value is -1.03. The third kappa shape index (κ3) is 2.07. The van der Waals surface area contributed by atoms with Gasteiger partial charge in [-0.05, 0) is 23.6 Å². The highest BCUT2D eigenvalue weighted by atomic mass is 35.5. The molecule has 0 amide bonds. The van der Waals surface area contributed by atoms with Crippen molar-refractivity contribution < 1.29 is 4.79 Å². The van der Waals surface area contributed by atoms with Crippen molar-refractivity contribution in [2.75, 3.05) is 5.73 Å². The van der Waals surface area contributed by atoms with Crippen molar-refractivity contribution in [3.05, 3.63) is 50.1 Å². The first-order chi connectivity index (χ1) is 7.59. The fourth-order valence-corrected chi connectivity index (χ4v) is 2.40. The molecule has 2 N–H and O–H groups in total. The first kappa shape index (κ1) is 11.5. The molecule has 1 heterocycles. The van der Waals surface area contributed by atoms with Gasteiger partial charge in [-0.3, -0.25) is 4.79 Å². The highest BCUT2D eigenvalue weighted by molar-refractivity contribution is 7.08. The van der Waals surface area contributed by atoms with Crippen molar-refractivity contribution in [1.29, 1.82) is 0 Å².